The lowest BCUT2D eigenvalue weighted by Crippen LogP contribution is -3.00. The Bertz CT molecular complexity index is 78.6. The fourth-order valence-electron chi connectivity index (χ4n) is 1.34. The van der Waals surface area contributed by atoms with Crippen LogP contribution >= 0.6 is 0 Å². The van der Waals surface area contributed by atoms with E-state index in [2.05, 4.69) is 27.7 Å². The monoisotopic (exact) mass is 271 g/mol. The Morgan fingerprint density at radius 3 is 0.929 bits per heavy atom. The maximum atomic E-state index is 7.62. The van der Waals surface area contributed by atoms with Gasteiger partial charge in [0.1, 0.15) is 0 Å². The normalized spacial score (nSPS) is 9.86. The summed E-state index contributed by atoms with van der Waals surface area (Å²) in [7, 11) is 0. The van der Waals surface area contributed by atoms with Crippen molar-refractivity contribution in [3.8, 4) is 0 Å². The molecule has 0 aromatic heterocycles. The second-order valence-electron chi connectivity index (χ2n) is 3.05. The van der Waals surface area contributed by atoms with Crippen molar-refractivity contribution in [2.24, 2.45) is 0 Å². The van der Waals surface area contributed by atoms with Gasteiger partial charge in [-0.3, -0.25) is 0 Å². The van der Waals surface area contributed by atoms with Crippen LogP contribution in [0, 0.1) is 0 Å². The van der Waals surface area contributed by atoms with E-state index in [9.17, 15) is 0 Å². The van der Waals surface area contributed by atoms with Crippen LogP contribution in [0.15, 0.2) is 0 Å². The smallest absolute Gasteiger partial charge is 0.0757 e. The van der Waals surface area contributed by atoms with E-state index in [0.717, 1.165) is 0 Å². The number of hydrogen-bond donors (Lipinski definition) is 2. The third-order valence-electron chi connectivity index (χ3n) is 2.78. The molecule has 0 aromatic carbocycles. The van der Waals surface area contributed by atoms with Crippen LogP contribution in [0.4, 0.5) is 0 Å². The van der Waals surface area contributed by atoms with Crippen molar-refractivity contribution < 1.29 is 31.7 Å². The van der Waals surface area contributed by atoms with Gasteiger partial charge in [-0.2, -0.15) is 0 Å². The average Bonchev–Trinajstić information content (AvgIpc) is 2.23. The van der Waals surface area contributed by atoms with E-state index in [-0.39, 0.29) is 30.2 Å². The minimum Gasteiger partial charge on any atom is -1.00 e. The van der Waals surface area contributed by atoms with Gasteiger partial charge in [-0.15, -0.1) is 0 Å². The molecule has 0 saturated carbocycles. The molecule has 0 aliphatic heterocycles. The zero-order valence-electron chi connectivity index (χ0n) is 9.96. The van der Waals surface area contributed by atoms with Gasteiger partial charge >= 0.3 is 0 Å². The molecule has 0 atom stereocenters. The molecule has 14 heavy (non-hydrogen) atoms. The topological polar surface area (TPSA) is 40.5 Å². The number of quaternary nitrogens is 1. The number of aliphatic hydroxyl groups is 2. The summed E-state index contributed by atoms with van der Waals surface area (Å²) >= 11 is 0. The molecule has 0 bridgehead atoms. The fourth-order valence-corrected chi connectivity index (χ4v) is 1.34. The molecule has 4 heteroatoms. The highest BCUT2D eigenvalue weighted by Gasteiger charge is 2.16. The van der Waals surface area contributed by atoms with Crippen LogP contribution in [0.25, 0.3) is 0 Å². The van der Waals surface area contributed by atoms with Crippen molar-refractivity contribution >= 4 is 0 Å². The summed E-state index contributed by atoms with van der Waals surface area (Å²) in [5, 5.41) is 15.2. The molecular weight excluding hydrogens is 246 g/mol. The predicted octanol–water partition coefficient (Wildman–Crippen LogP) is -2.14. The molecule has 0 aliphatic rings. The van der Waals surface area contributed by atoms with E-state index >= 15 is 0 Å². The highest BCUT2D eigenvalue weighted by Crippen LogP contribution is 2.03. The zero-order chi connectivity index (χ0) is 10.7. The summed E-state index contributed by atoms with van der Waals surface area (Å²) in [6, 6.07) is 0. The van der Waals surface area contributed by atoms with Crippen LogP contribution in [0.1, 0.15) is 27.7 Å². The third kappa shape index (κ3) is 8.94. The lowest BCUT2D eigenvalue weighted by Gasteiger charge is -2.34. The van der Waals surface area contributed by atoms with Crippen LogP contribution in [-0.2, 0) is 0 Å². The van der Waals surface area contributed by atoms with Crippen molar-refractivity contribution in [2.45, 2.75) is 27.7 Å². The summed E-state index contributed by atoms with van der Waals surface area (Å²) < 4.78 is 1.28. The summed E-state index contributed by atoms with van der Waals surface area (Å²) in [5.74, 6) is 0. The van der Waals surface area contributed by atoms with E-state index < -0.39 is 0 Å². The van der Waals surface area contributed by atoms with E-state index in [1.165, 1.54) is 30.7 Å². The summed E-state index contributed by atoms with van der Waals surface area (Å²) in [6.45, 7) is 14.0. The first-order valence-electron chi connectivity index (χ1n) is 5.23. The van der Waals surface area contributed by atoms with Crippen molar-refractivity contribution in [1.29, 1.82) is 0 Å². The van der Waals surface area contributed by atoms with Gasteiger partial charge in [0.25, 0.3) is 0 Å². The molecule has 0 saturated heterocycles. The predicted molar refractivity (Wildman–Crippen MR) is 56.6 cm³/mol. The van der Waals surface area contributed by atoms with Gasteiger partial charge < -0.3 is 31.7 Å². The number of halogens is 1. The van der Waals surface area contributed by atoms with Crippen LogP contribution < -0.4 is 17.0 Å². The number of aliphatic hydroxyl groups excluding tert-OH is 2. The number of hydrogen-bond acceptors (Lipinski definition) is 2. The van der Waals surface area contributed by atoms with Crippen LogP contribution in [0.2, 0.25) is 0 Å². The lowest BCUT2D eigenvalue weighted by molar-refractivity contribution is -0.921. The molecule has 3 nitrogen and oxygen atoms in total. The van der Waals surface area contributed by atoms with Crippen LogP contribution in [-0.4, -0.2) is 54.1 Å². The zero-order valence-corrected chi connectivity index (χ0v) is 11.5. The van der Waals surface area contributed by atoms with Gasteiger partial charge in [0, 0.05) is 0 Å². The Balaban J connectivity index is -0.000000209. The Morgan fingerprint density at radius 2 is 0.929 bits per heavy atom. The van der Waals surface area contributed by atoms with Crippen LogP contribution in [0.5, 0.6) is 0 Å². The highest BCUT2D eigenvalue weighted by atomic mass is 79.9. The minimum absolute atomic E-state index is 0. The summed E-state index contributed by atoms with van der Waals surface area (Å²) in [6.07, 6.45) is 0. The van der Waals surface area contributed by atoms with Crippen molar-refractivity contribution in [1.82, 2.24) is 0 Å². The Kier molecular flexibility index (Phi) is 19.0. The average molecular weight is 272 g/mol. The maximum Gasteiger partial charge on any atom is 0.0757 e. The van der Waals surface area contributed by atoms with Crippen molar-refractivity contribution in [3.63, 3.8) is 0 Å². The van der Waals surface area contributed by atoms with E-state index in [4.69, 9.17) is 10.2 Å². The minimum atomic E-state index is -0.125. The molecule has 0 rings (SSSR count). The van der Waals surface area contributed by atoms with E-state index in [1.807, 2.05) is 0 Å². The first-order valence-corrected chi connectivity index (χ1v) is 5.23. The SMILES string of the molecule is CC[N+](CC)(CC)CC.OCCO.[Br-]. The van der Waals surface area contributed by atoms with Crippen molar-refractivity contribution in [3.05, 3.63) is 0 Å². The maximum absolute atomic E-state index is 7.62. The lowest BCUT2D eigenvalue weighted by atomic mass is 10.3. The molecule has 90 valence electrons. The van der Waals surface area contributed by atoms with Crippen molar-refractivity contribution in [2.75, 3.05) is 39.4 Å². The summed E-state index contributed by atoms with van der Waals surface area (Å²) in [5.41, 5.74) is 0. The molecular formula is C10H26BrNO2. The molecule has 0 spiro atoms. The van der Waals surface area contributed by atoms with Gasteiger partial charge in [0.15, 0.2) is 0 Å². The fraction of sp³-hybridized carbons (Fsp3) is 1.00. The Labute approximate surface area is 99.1 Å². The second-order valence-corrected chi connectivity index (χ2v) is 3.05. The molecule has 0 fully saturated rings. The number of nitrogens with zero attached hydrogens (tertiary/aromatic N) is 1. The number of rotatable bonds is 5. The first-order chi connectivity index (χ1) is 6.16. The quantitative estimate of drug-likeness (QED) is 0.561. The van der Waals surface area contributed by atoms with Crippen LogP contribution in [0.3, 0.4) is 0 Å². The van der Waals surface area contributed by atoms with Gasteiger partial charge in [-0.05, 0) is 27.7 Å². The molecule has 0 aromatic rings. The third-order valence-corrected chi connectivity index (χ3v) is 2.78. The van der Waals surface area contributed by atoms with E-state index in [1.54, 1.807) is 0 Å². The Morgan fingerprint density at radius 1 is 0.714 bits per heavy atom. The molecule has 0 aliphatic carbocycles. The molecule has 0 amide bonds. The molecule has 0 heterocycles. The Hall–Kier alpha value is 0.360. The van der Waals surface area contributed by atoms with Gasteiger partial charge in [0.2, 0.25) is 0 Å². The molecule has 0 unspecified atom stereocenters. The second kappa shape index (κ2) is 13.4. The largest absolute Gasteiger partial charge is 1.00 e. The molecule has 0 radical (unpaired) electrons. The van der Waals surface area contributed by atoms with E-state index in [0.29, 0.717) is 0 Å². The standard InChI is InChI=1S/C8H20N.C2H6O2.BrH/c1-5-9(6-2,7-3)8-4;3-1-2-4;/h5-8H2,1-4H3;3-4H,1-2H2;1H/q+1;;/p-1. The highest BCUT2D eigenvalue weighted by molar-refractivity contribution is 4.31. The van der Waals surface area contributed by atoms with Gasteiger partial charge in [-0.25, -0.2) is 0 Å². The van der Waals surface area contributed by atoms with Gasteiger partial charge in [-0.1, -0.05) is 0 Å². The molecule has 2 N–H and O–H groups in total. The summed E-state index contributed by atoms with van der Waals surface area (Å²) in [4.78, 5) is 0. The first kappa shape index (κ1) is 19.9. The van der Waals surface area contributed by atoms with Gasteiger partial charge in [0.05, 0.1) is 39.4 Å².